The molecular weight excluding hydrogens is 356 g/mol. The molecule has 4 rings (SSSR count). The fraction of sp³-hybridized carbons (Fsp3) is 0.176. The van der Waals surface area contributed by atoms with Crippen molar-refractivity contribution in [2.75, 3.05) is 7.11 Å². The van der Waals surface area contributed by atoms with Gasteiger partial charge in [-0.25, -0.2) is 0 Å². The molecule has 0 amide bonds. The van der Waals surface area contributed by atoms with E-state index >= 15 is 0 Å². The topological polar surface area (TPSA) is 100 Å². The summed E-state index contributed by atoms with van der Waals surface area (Å²) in [4.78, 5) is 0. The zero-order chi connectivity index (χ0) is 17.9. The Bertz CT molecular complexity index is 979. The third-order valence-electron chi connectivity index (χ3n) is 3.54. The third kappa shape index (κ3) is 3.33. The lowest BCUT2D eigenvalue weighted by Crippen LogP contribution is -1.88. The standard InChI is InChI=1S/C17H14N4O4S/c1-10(26-17-21-20-16(25-17)13-4-3-9-23-13)14-18-19-15(24-14)11-5-7-12(22-2)8-6-11/h3-10H,1-2H3. The van der Waals surface area contributed by atoms with Crippen LogP contribution in [0.5, 0.6) is 5.75 Å². The van der Waals surface area contributed by atoms with Gasteiger partial charge < -0.3 is 18.0 Å². The molecule has 0 N–H and O–H groups in total. The molecule has 1 aromatic carbocycles. The number of nitrogens with zero attached hydrogens (tertiary/aromatic N) is 4. The van der Waals surface area contributed by atoms with Crippen molar-refractivity contribution in [3.8, 4) is 28.9 Å². The highest BCUT2D eigenvalue weighted by molar-refractivity contribution is 7.99. The highest BCUT2D eigenvalue weighted by Crippen LogP contribution is 2.35. The second kappa shape index (κ2) is 7.04. The van der Waals surface area contributed by atoms with Crippen molar-refractivity contribution in [2.45, 2.75) is 17.4 Å². The van der Waals surface area contributed by atoms with E-state index in [1.54, 1.807) is 25.5 Å². The Labute approximate surface area is 152 Å². The van der Waals surface area contributed by atoms with Crippen molar-refractivity contribution in [2.24, 2.45) is 0 Å². The Morgan fingerprint density at radius 3 is 2.50 bits per heavy atom. The largest absolute Gasteiger partial charge is 0.497 e. The van der Waals surface area contributed by atoms with E-state index in [-0.39, 0.29) is 5.25 Å². The van der Waals surface area contributed by atoms with E-state index in [0.717, 1.165) is 11.3 Å². The summed E-state index contributed by atoms with van der Waals surface area (Å²) in [5, 5.41) is 16.4. The van der Waals surface area contributed by atoms with Gasteiger partial charge in [-0.3, -0.25) is 0 Å². The maximum atomic E-state index is 5.76. The highest BCUT2D eigenvalue weighted by Gasteiger charge is 2.20. The Morgan fingerprint density at radius 2 is 1.77 bits per heavy atom. The SMILES string of the molecule is COc1ccc(-c2nnc(C(C)Sc3nnc(-c4ccco4)o3)o2)cc1. The first kappa shape index (κ1) is 16.4. The minimum atomic E-state index is -0.153. The summed E-state index contributed by atoms with van der Waals surface area (Å²) in [5.41, 5.74) is 0.819. The molecule has 4 aromatic rings. The van der Waals surface area contributed by atoms with Gasteiger partial charge in [0.15, 0.2) is 5.76 Å². The molecule has 3 aromatic heterocycles. The van der Waals surface area contributed by atoms with Crippen LogP contribution in [-0.2, 0) is 0 Å². The van der Waals surface area contributed by atoms with Crippen molar-refractivity contribution in [1.29, 1.82) is 0 Å². The van der Waals surface area contributed by atoms with Crippen LogP contribution >= 0.6 is 11.8 Å². The lowest BCUT2D eigenvalue weighted by atomic mass is 10.2. The summed E-state index contributed by atoms with van der Waals surface area (Å²) in [5.74, 6) is 2.53. The first-order valence-corrected chi connectivity index (χ1v) is 8.63. The van der Waals surface area contributed by atoms with Crippen molar-refractivity contribution in [1.82, 2.24) is 20.4 Å². The Kier molecular flexibility index (Phi) is 4.44. The van der Waals surface area contributed by atoms with E-state index in [1.807, 2.05) is 31.2 Å². The quantitative estimate of drug-likeness (QED) is 0.461. The van der Waals surface area contributed by atoms with Crippen LogP contribution < -0.4 is 4.74 Å². The van der Waals surface area contributed by atoms with Gasteiger partial charge in [-0.2, -0.15) is 0 Å². The zero-order valence-corrected chi connectivity index (χ0v) is 14.8. The molecule has 9 heteroatoms. The smallest absolute Gasteiger partial charge is 0.284 e. The summed E-state index contributed by atoms with van der Waals surface area (Å²) in [6.07, 6.45) is 1.55. The lowest BCUT2D eigenvalue weighted by molar-refractivity contribution is 0.415. The minimum absolute atomic E-state index is 0.153. The summed E-state index contributed by atoms with van der Waals surface area (Å²) in [6, 6.07) is 10.9. The maximum absolute atomic E-state index is 5.76. The molecule has 0 saturated carbocycles. The van der Waals surface area contributed by atoms with E-state index in [2.05, 4.69) is 20.4 Å². The van der Waals surface area contributed by atoms with E-state index in [4.69, 9.17) is 18.0 Å². The average Bonchev–Trinajstić information content (AvgIpc) is 3.42. The van der Waals surface area contributed by atoms with Gasteiger partial charge in [0.2, 0.25) is 11.8 Å². The van der Waals surface area contributed by atoms with E-state index in [9.17, 15) is 0 Å². The van der Waals surface area contributed by atoms with Gasteiger partial charge in [0.25, 0.3) is 11.1 Å². The molecular formula is C17H14N4O4S. The van der Waals surface area contributed by atoms with Crippen LogP contribution in [0.1, 0.15) is 18.1 Å². The molecule has 0 aliphatic carbocycles. The molecule has 0 saturated heterocycles. The molecule has 1 unspecified atom stereocenters. The Hall–Kier alpha value is -3.07. The molecule has 0 radical (unpaired) electrons. The molecule has 26 heavy (non-hydrogen) atoms. The predicted octanol–water partition coefficient (Wildman–Crippen LogP) is 4.24. The van der Waals surface area contributed by atoms with Crippen molar-refractivity contribution in [3.05, 3.63) is 48.6 Å². The summed E-state index contributed by atoms with van der Waals surface area (Å²) < 4.78 is 21.7. The molecule has 8 nitrogen and oxygen atoms in total. The molecule has 3 heterocycles. The Balaban J connectivity index is 1.47. The molecule has 0 aliphatic heterocycles. The lowest BCUT2D eigenvalue weighted by Gasteiger charge is -2.02. The fourth-order valence-electron chi connectivity index (χ4n) is 2.21. The van der Waals surface area contributed by atoms with Gasteiger partial charge in [0.1, 0.15) is 5.75 Å². The fourth-order valence-corrected chi connectivity index (χ4v) is 2.92. The van der Waals surface area contributed by atoms with Gasteiger partial charge in [-0.05, 0) is 43.3 Å². The number of methoxy groups -OCH3 is 1. The normalized spacial score (nSPS) is 12.2. The van der Waals surface area contributed by atoms with Crippen molar-refractivity contribution in [3.63, 3.8) is 0 Å². The zero-order valence-electron chi connectivity index (χ0n) is 13.9. The summed E-state index contributed by atoms with van der Waals surface area (Å²) >= 11 is 1.33. The van der Waals surface area contributed by atoms with Crippen molar-refractivity contribution < 1.29 is 18.0 Å². The van der Waals surface area contributed by atoms with Crippen LogP contribution in [0.25, 0.3) is 23.1 Å². The number of thioether (sulfide) groups is 1. The molecule has 0 bridgehead atoms. The van der Waals surface area contributed by atoms with Gasteiger partial charge in [-0.15, -0.1) is 20.4 Å². The number of hydrogen-bond acceptors (Lipinski definition) is 9. The number of ether oxygens (including phenoxy) is 1. The van der Waals surface area contributed by atoms with Crippen LogP contribution in [0.2, 0.25) is 0 Å². The summed E-state index contributed by atoms with van der Waals surface area (Å²) in [7, 11) is 1.62. The van der Waals surface area contributed by atoms with Gasteiger partial charge in [-0.1, -0.05) is 11.8 Å². The van der Waals surface area contributed by atoms with Crippen LogP contribution in [0, 0.1) is 0 Å². The molecule has 0 aliphatic rings. The van der Waals surface area contributed by atoms with Gasteiger partial charge in [0.05, 0.1) is 18.6 Å². The second-order valence-electron chi connectivity index (χ2n) is 5.28. The average molecular weight is 370 g/mol. The van der Waals surface area contributed by atoms with Crippen LogP contribution in [0.4, 0.5) is 0 Å². The Morgan fingerprint density at radius 1 is 0.962 bits per heavy atom. The van der Waals surface area contributed by atoms with Crippen LogP contribution in [0.3, 0.4) is 0 Å². The molecule has 0 spiro atoms. The van der Waals surface area contributed by atoms with E-state index in [0.29, 0.717) is 28.7 Å². The predicted molar refractivity (Wildman–Crippen MR) is 92.6 cm³/mol. The number of aromatic nitrogens is 4. The first-order chi connectivity index (χ1) is 12.7. The first-order valence-electron chi connectivity index (χ1n) is 7.75. The van der Waals surface area contributed by atoms with Gasteiger partial charge in [0, 0.05) is 5.56 Å². The number of benzene rings is 1. The van der Waals surface area contributed by atoms with E-state index < -0.39 is 0 Å². The number of hydrogen-bond donors (Lipinski definition) is 0. The van der Waals surface area contributed by atoms with E-state index in [1.165, 1.54) is 11.8 Å². The molecule has 0 fully saturated rings. The highest BCUT2D eigenvalue weighted by atomic mass is 32.2. The summed E-state index contributed by atoms with van der Waals surface area (Å²) in [6.45, 7) is 1.92. The van der Waals surface area contributed by atoms with Crippen molar-refractivity contribution >= 4 is 11.8 Å². The van der Waals surface area contributed by atoms with Gasteiger partial charge >= 0.3 is 0 Å². The molecule has 132 valence electrons. The number of furan rings is 1. The van der Waals surface area contributed by atoms with Crippen LogP contribution in [0.15, 0.2) is 61.1 Å². The maximum Gasteiger partial charge on any atom is 0.284 e. The molecule has 1 atom stereocenters. The monoisotopic (exact) mass is 370 g/mol. The van der Waals surface area contributed by atoms with Crippen LogP contribution in [-0.4, -0.2) is 27.5 Å². The second-order valence-corrected chi connectivity index (χ2v) is 6.58. The third-order valence-corrected chi connectivity index (χ3v) is 4.46. The minimum Gasteiger partial charge on any atom is -0.497 e. The number of rotatable bonds is 6.